The Hall–Kier alpha value is 0.946. The molecule has 0 amide bonds. The number of rotatable bonds is 0. The molecule has 0 fully saturated rings. The van der Waals surface area contributed by atoms with Gasteiger partial charge in [0.2, 0.25) is 0 Å². The van der Waals surface area contributed by atoms with Gasteiger partial charge in [0.05, 0.1) is 0 Å². The van der Waals surface area contributed by atoms with Crippen LogP contribution in [0, 0.1) is 0 Å². The second-order valence-electron chi connectivity index (χ2n) is 0.224. The van der Waals surface area contributed by atoms with Gasteiger partial charge < -0.3 is 23.3 Å². The van der Waals surface area contributed by atoms with E-state index in [1.54, 1.807) is 0 Å². The summed E-state index contributed by atoms with van der Waals surface area (Å²) in [7, 11) is -3.37. The molecule has 1 radical (unpaired) electrons. The Morgan fingerprint density at radius 1 is 1.00 bits per heavy atom. The molecule has 5 heavy (non-hydrogen) atoms. The van der Waals surface area contributed by atoms with Gasteiger partial charge in [-0.2, -0.15) is 0 Å². The maximum atomic E-state index is 8.48. The topological polar surface area (TPSA) is 69.2 Å². The normalized spacial score (nSPS) is 7.20. The van der Waals surface area contributed by atoms with E-state index in [1.165, 1.54) is 0 Å². The van der Waals surface area contributed by atoms with Gasteiger partial charge in [-0.3, -0.25) is 0 Å². The molecular weight excluding hydrogens is 269 g/mol. The zero-order valence-corrected chi connectivity index (χ0v) is 5.46. The van der Waals surface area contributed by atoms with Crippen molar-refractivity contribution in [1.29, 1.82) is 0 Å². The molecule has 0 bridgehead atoms. The molecule has 0 atom stereocenters. The minimum atomic E-state index is -3.37. The zero-order valence-electron chi connectivity index (χ0n) is 2.03. The second kappa shape index (κ2) is 4.95. The van der Waals surface area contributed by atoms with E-state index in [-0.39, 0.29) is 19.8 Å². The van der Waals surface area contributed by atoms with E-state index < -0.39 is 8.60 Å². The third-order valence-corrected chi connectivity index (χ3v) is 0. The van der Waals surface area contributed by atoms with Gasteiger partial charge in [-0.15, -0.1) is 0 Å². The molecule has 0 saturated carbocycles. The van der Waals surface area contributed by atoms with Crippen LogP contribution in [0.25, 0.3) is 0 Å². The van der Waals surface area contributed by atoms with Gasteiger partial charge in [0.1, 0.15) is 0 Å². The summed E-state index contributed by atoms with van der Waals surface area (Å²) in [4.78, 5) is 25.4. The van der Waals surface area contributed by atoms with Crippen LogP contribution >= 0.6 is 8.60 Å². The monoisotopic (exact) mass is 271 g/mol. The van der Waals surface area contributed by atoms with Crippen molar-refractivity contribution >= 4 is 8.60 Å². The van der Waals surface area contributed by atoms with Crippen LogP contribution < -0.4 is 14.7 Å². The first kappa shape index (κ1) is 9.34. The van der Waals surface area contributed by atoms with Crippen molar-refractivity contribution in [2.24, 2.45) is 0 Å². The third-order valence-electron chi connectivity index (χ3n) is 0. The van der Waals surface area contributed by atoms with Crippen molar-refractivity contribution < 1.29 is 34.5 Å². The van der Waals surface area contributed by atoms with Gasteiger partial charge in [0, 0.05) is 0 Å². The first-order valence-corrected chi connectivity index (χ1v) is 1.64. The smallest absolute Gasteiger partial charge is 0.854 e. The van der Waals surface area contributed by atoms with Crippen molar-refractivity contribution in [2.75, 3.05) is 0 Å². The maximum Gasteiger partial charge on any atom is 3.00 e. The standard InChI is InChI=1S/O3P.Os/c1-4(2)3;/q-3;+3. The van der Waals surface area contributed by atoms with E-state index in [2.05, 4.69) is 0 Å². The Kier molecular flexibility index (Phi) is 9.24. The van der Waals surface area contributed by atoms with E-state index >= 15 is 0 Å². The van der Waals surface area contributed by atoms with Gasteiger partial charge in [-0.25, -0.2) is 0 Å². The molecule has 0 aromatic carbocycles. The van der Waals surface area contributed by atoms with E-state index in [0.29, 0.717) is 0 Å². The molecule has 3 nitrogen and oxygen atoms in total. The Bertz CT molecular complexity index is 11.6. The summed E-state index contributed by atoms with van der Waals surface area (Å²) in [6, 6.07) is 0. The molecule has 0 rings (SSSR count). The predicted molar refractivity (Wildman–Crippen MR) is 6.92 cm³/mol. The van der Waals surface area contributed by atoms with Crippen LogP contribution in [0.5, 0.6) is 0 Å². The van der Waals surface area contributed by atoms with Crippen molar-refractivity contribution in [2.45, 2.75) is 0 Å². The van der Waals surface area contributed by atoms with E-state index in [4.69, 9.17) is 14.7 Å². The Balaban J connectivity index is 0. The average Bonchev–Trinajstić information content (AvgIpc) is 0.811. The Morgan fingerprint density at radius 3 is 1.00 bits per heavy atom. The fourth-order valence-electron chi connectivity index (χ4n) is 0. The average molecular weight is 269 g/mol. The first-order valence-electron chi connectivity index (χ1n) is 0.548. The second-order valence-corrected chi connectivity index (χ2v) is 0.671. The molecule has 0 aromatic heterocycles. The molecule has 0 aliphatic heterocycles. The minimum absolute atomic E-state index is 0. The van der Waals surface area contributed by atoms with Crippen LogP contribution in [0.4, 0.5) is 0 Å². The first-order chi connectivity index (χ1) is 1.73. The molecule has 5 heteroatoms. The van der Waals surface area contributed by atoms with Crippen molar-refractivity contribution in [3.63, 3.8) is 0 Å². The Morgan fingerprint density at radius 2 is 1.00 bits per heavy atom. The molecular formula is O3OsP. The molecule has 31 valence electrons. The summed E-state index contributed by atoms with van der Waals surface area (Å²) in [6.07, 6.45) is 0. The quantitative estimate of drug-likeness (QED) is 0.449. The molecule has 0 heterocycles. The number of hydrogen-bond acceptors (Lipinski definition) is 3. The summed E-state index contributed by atoms with van der Waals surface area (Å²) in [6.45, 7) is 0. The SMILES string of the molecule is [O-]P([O-])[O-].[Os+3]. The van der Waals surface area contributed by atoms with Gasteiger partial charge in [-0.1, -0.05) is 0 Å². The van der Waals surface area contributed by atoms with Crippen molar-refractivity contribution in [3.8, 4) is 0 Å². The van der Waals surface area contributed by atoms with Crippen LogP contribution in [0.1, 0.15) is 0 Å². The predicted octanol–water partition coefficient (Wildman–Crippen LogP) is -2.71. The van der Waals surface area contributed by atoms with Crippen LogP contribution in [-0.2, 0) is 19.8 Å². The molecule has 0 spiro atoms. The van der Waals surface area contributed by atoms with E-state index in [0.717, 1.165) is 0 Å². The van der Waals surface area contributed by atoms with Crippen molar-refractivity contribution in [1.82, 2.24) is 0 Å². The van der Waals surface area contributed by atoms with Crippen LogP contribution in [-0.4, -0.2) is 0 Å². The molecule has 0 unspecified atom stereocenters. The molecule has 0 N–H and O–H groups in total. The van der Waals surface area contributed by atoms with E-state index in [9.17, 15) is 0 Å². The third kappa shape index (κ3) is 47.9. The largest absolute Gasteiger partial charge is 3.00 e. The van der Waals surface area contributed by atoms with Gasteiger partial charge in [0.25, 0.3) is 0 Å². The fraction of sp³-hybridized carbons (Fsp3) is 0. The summed E-state index contributed by atoms with van der Waals surface area (Å²) >= 11 is 0. The maximum absolute atomic E-state index is 8.48. The summed E-state index contributed by atoms with van der Waals surface area (Å²) in [5.74, 6) is 0. The van der Waals surface area contributed by atoms with Crippen LogP contribution in [0.15, 0.2) is 0 Å². The summed E-state index contributed by atoms with van der Waals surface area (Å²) in [5.41, 5.74) is 0. The van der Waals surface area contributed by atoms with Gasteiger partial charge in [0.15, 0.2) is 0 Å². The minimum Gasteiger partial charge on any atom is -0.854 e. The van der Waals surface area contributed by atoms with E-state index in [1.807, 2.05) is 0 Å². The fourth-order valence-corrected chi connectivity index (χ4v) is 0. The van der Waals surface area contributed by atoms with Crippen LogP contribution in [0.2, 0.25) is 0 Å². The Labute approximate surface area is 43.7 Å². The molecule has 0 aromatic rings. The van der Waals surface area contributed by atoms with Crippen LogP contribution in [0.3, 0.4) is 0 Å². The molecule has 0 saturated heterocycles. The van der Waals surface area contributed by atoms with Gasteiger partial charge >= 0.3 is 19.8 Å². The van der Waals surface area contributed by atoms with Gasteiger partial charge in [-0.05, 0) is 0 Å². The summed E-state index contributed by atoms with van der Waals surface area (Å²) < 4.78 is 0. The molecule has 0 aliphatic rings. The zero-order chi connectivity index (χ0) is 3.58. The molecule has 0 aliphatic carbocycles. The summed E-state index contributed by atoms with van der Waals surface area (Å²) in [5, 5.41) is 0. The number of hydrogen-bond donors (Lipinski definition) is 0. The van der Waals surface area contributed by atoms with Crippen molar-refractivity contribution in [3.05, 3.63) is 0 Å².